The maximum absolute atomic E-state index is 5.06. The number of nitrogens with zero attached hydrogens (tertiary/aromatic N) is 4. The molecule has 0 fully saturated rings. The molecule has 3 atom stereocenters. The van der Waals surface area contributed by atoms with E-state index in [1.165, 1.54) is 11.3 Å². The van der Waals surface area contributed by atoms with Crippen LogP contribution in [0.15, 0.2) is 66.7 Å². The van der Waals surface area contributed by atoms with E-state index >= 15 is 0 Å². The van der Waals surface area contributed by atoms with Gasteiger partial charge in [-0.3, -0.25) is 9.80 Å². The molecule has 0 bridgehead atoms. The SMILES string of the molecule is CCC1C=CC2N(c3ccccc3)c3nc(C)c(C)nc3N2c2ccccc2C1CC. The number of hydrogen-bond acceptors (Lipinski definition) is 4. The Balaban J connectivity index is 1.79. The van der Waals surface area contributed by atoms with E-state index in [0.717, 1.165) is 41.6 Å². The zero-order valence-electron chi connectivity index (χ0n) is 18.8. The summed E-state index contributed by atoms with van der Waals surface area (Å²) in [7, 11) is 0. The minimum atomic E-state index is 0.00612. The molecule has 0 radical (unpaired) electrons. The summed E-state index contributed by atoms with van der Waals surface area (Å²) in [4.78, 5) is 14.8. The number of anilines is 4. The van der Waals surface area contributed by atoms with Gasteiger partial charge in [0.15, 0.2) is 11.6 Å². The van der Waals surface area contributed by atoms with Gasteiger partial charge in [0.25, 0.3) is 0 Å². The molecule has 4 heteroatoms. The second kappa shape index (κ2) is 7.84. The van der Waals surface area contributed by atoms with Gasteiger partial charge in [0.2, 0.25) is 0 Å². The van der Waals surface area contributed by atoms with E-state index in [9.17, 15) is 0 Å². The first-order valence-corrected chi connectivity index (χ1v) is 11.4. The normalized spacial score (nSPS) is 21.9. The summed E-state index contributed by atoms with van der Waals surface area (Å²) in [6.45, 7) is 8.70. The lowest BCUT2D eigenvalue weighted by molar-refractivity contribution is 0.474. The molecule has 0 N–H and O–H groups in total. The molecule has 2 aliphatic rings. The average molecular weight is 411 g/mol. The van der Waals surface area contributed by atoms with Crippen LogP contribution >= 0.6 is 0 Å². The van der Waals surface area contributed by atoms with Crippen LogP contribution in [-0.2, 0) is 0 Å². The second-order valence-corrected chi connectivity index (χ2v) is 8.56. The van der Waals surface area contributed by atoms with E-state index in [4.69, 9.17) is 9.97 Å². The van der Waals surface area contributed by atoms with E-state index in [0.29, 0.717) is 11.8 Å². The van der Waals surface area contributed by atoms with Crippen LogP contribution in [0.25, 0.3) is 0 Å². The third kappa shape index (κ3) is 3.13. The van der Waals surface area contributed by atoms with Gasteiger partial charge in [0.05, 0.1) is 11.4 Å². The topological polar surface area (TPSA) is 32.3 Å². The molecular formula is C27H30N4. The molecule has 0 saturated carbocycles. The minimum absolute atomic E-state index is 0.00612. The zero-order valence-corrected chi connectivity index (χ0v) is 18.8. The highest BCUT2D eigenvalue weighted by atomic mass is 15.5. The molecule has 0 aliphatic carbocycles. The van der Waals surface area contributed by atoms with Crippen molar-refractivity contribution < 1.29 is 0 Å². The van der Waals surface area contributed by atoms with Gasteiger partial charge in [-0.15, -0.1) is 0 Å². The molecule has 0 saturated heterocycles. The summed E-state index contributed by atoms with van der Waals surface area (Å²) < 4.78 is 0. The van der Waals surface area contributed by atoms with E-state index < -0.39 is 0 Å². The van der Waals surface area contributed by atoms with Crippen molar-refractivity contribution in [1.29, 1.82) is 0 Å². The van der Waals surface area contributed by atoms with Crippen molar-refractivity contribution in [3.05, 3.63) is 83.7 Å². The molecule has 4 nitrogen and oxygen atoms in total. The largest absolute Gasteiger partial charge is 0.298 e. The molecule has 0 amide bonds. The van der Waals surface area contributed by atoms with E-state index in [1.54, 1.807) is 0 Å². The standard InChI is InChI=1S/C27H30N4/c1-5-20-16-17-25-30(21-12-8-7-9-13-21)26-27(29-19(4)18(3)28-26)31(25)24-15-11-10-14-23(24)22(20)6-2/h7-17,20,22,25H,5-6H2,1-4H3. The van der Waals surface area contributed by atoms with Gasteiger partial charge in [0, 0.05) is 11.4 Å². The summed E-state index contributed by atoms with van der Waals surface area (Å²) in [5.41, 5.74) is 5.75. The number of rotatable bonds is 3. The van der Waals surface area contributed by atoms with Crippen LogP contribution in [0, 0.1) is 19.8 Å². The fraction of sp³-hybridized carbons (Fsp3) is 0.333. The molecule has 3 heterocycles. The molecule has 31 heavy (non-hydrogen) atoms. The first kappa shape index (κ1) is 19.8. The number of para-hydroxylation sites is 2. The zero-order chi connectivity index (χ0) is 21.5. The number of aromatic nitrogens is 2. The van der Waals surface area contributed by atoms with Crippen molar-refractivity contribution in [1.82, 2.24) is 9.97 Å². The van der Waals surface area contributed by atoms with Gasteiger partial charge in [0.1, 0.15) is 6.17 Å². The van der Waals surface area contributed by atoms with Crippen LogP contribution in [-0.4, -0.2) is 16.1 Å². The Morgan fingerprint density at radius 2 is 1.39 bits per heavy atom. The molecule has 0 spiro atoms. The van der Waals surface area contributed by atoms with Crippen LogP contribution in [0.3, 0.4) is 0 Å². The predicted molar refractivity (Wildman–Crippen MR) is 128 cm³/mol. The quantitative estimate of drug-likeness (QED) is 0.445. The maximum atomic E-state index is 5.06. The number of benzene rings is 2. The van der Waals surface area contributed by atoms with Gasteiger partial charge in [-0.2, -0.15) is 0 Å². The smallest absolute Gasteiger partial charge is 0.179 e. The van der Waals surface area contributed by atoms with Gasteiger partial charge in [-0.05, 0) is 68.4 Å². The Kier molecular flexibility index (Phi) is 5.01. The van der Waals surface area contributed by atoms with Crippen molar-refractivity contribution in [3.8, 4) is 0 Å². The first-order chi connectivity index (χ1) is 15.1. The summed E-state index contributed by atoms with van der Waals surface area (Å²) in [5, 5.41) is 0. The summed E-state index contributed by atoms with van der Waals surface area (Å²) in [5.74, 6) is 2.88. The Morgan fingerprint density at radius 3 is 2.06 bits per heavy atom. The third-order valence-corrected chi connectivity index (χ3v) is 6.84. The van der Waals surface area contributed by atoms with Crippen LogP contribution in [0.1, 0.15) is 49.6 Å². The van der Waals surface area contributed by atoms with E-state index in [1.807, 2.05) is 6.92 Å². The summed E-state index contributed by atoms with van der Waals surface area (Å²) in [6.07, 6.45) is 7.05. The highest BCUT2D eigenvalue weighted by molar-refractivity contribution is 5.85. The fourth-order valence-corrected chi connectivity index (χ4v) is 5.13. The van der Waals surface area contributed by atoms with Gasteiger partial charge >= 0.3 is 0 Å². The Morgan fingerprint density at radius 1 is 0.742 bits per heavy atom. The molecule has 158 valence electrons. The van der Waals surface area contributed by atoms with Crippen LogP contribution < -0.4 is 9.80 Å². The van der Waals surface area contributed by atoms with Gasteiger partial charge < -0.3 is 0 Å². The average Bonchev–Trinajstić information content (AvgIpc) is 3.08. The van der Waals surface area contributed by atoms with Crippen LogP contribution in [0.2, 0.25) is 0 Å². The number of fused-ring (bicyclic) bond motifs is 5. The number of aryl methyl sites for hydroxylation is 2. The van der Waals surface area contributed by atoms with Crippen molar-refractivity contribution in [2.75, 3.05) is 9.80 Å². The molecule has 2 aromatic carbocycles. The van der Waals surface area contributed by atoms with E-state index in [-0.39, 0.29) is 6.17 Å². The lowest BCUT2D eigenvalue weighted by Gasteiger charge is -2.36. The first-order valence-electron chi connectivity index (χ1n) is 11.4. The van der Waals surface area contributed by atoms with Crippen molar-refractivity contribution in [2.45, 2.75) is 52.6 Å². The lowest BCUT2D eigenvalue weighted by atomic mass is 9.80. The van der Waals surface area contributed by atoms with Crippen molar-refractivity contribution in [3.63, 3.8) is 0 Å². The Labute approximate surface area is 185 Å². The number of hydrogen-bond donors (Lipinski definition) is 0. The van der Waals surface area contributed by atoms with Crippen LogP contribution in [0.5, 0.6) is 0 Å². The monoisotopic (exact) mass is 410 g/mol. The van der Waals surface area contributed by atoms with Gasteiger partial charge in [-0.1, -0.05) is 56.3 Å². The highest BCUT2D eigenvalue weighted by Crippen LogP contribution is 2.50. The molecule has 5 rings (SSSR count). The molecule has 2 aliphatic heterocycles. The van der Waals surface area contributed by atoms with Crippen molar-refractivity contribution >= 4 is 23.0 Å². The number of allylic oxidation sites excluding steroid dienone is 1. The Hall–Kier alpha value is -3.14. The van der Waals surface area contributed by atoms with E-state index in [2.05, 4.69) is 97.3 Å². The minimum Gasteiger partial charge on any atom is -0.298 e. The summed E-state index contributed by atoms with van der Waals surface area (Å²) in [6, 6.07) is 19.5. The molecule has 3 unspecified atom stereocenters. The van der Waals surface area contributed by atoms with Crippen LogP contribution in [0.4, 0.5) is 23.0 Å². The maximum Gasteiger partial charge on any atom is 0.179 e. The molecule has 3 aromatic rings. The predicted octanol–water partition coefficient (Wildman–Crippen LogP) is 6.80. The van der Waals surface area contributed by atoms with Crippen molar-refractivity contribution in [2.24, 2.45) is 5.92 Å². The lowest BCUT2D eigenvalue weighted by Crippen LogP contribution is -2.38. The highest BCUT2D eigenvalue weighted by Gasteiger charge is 2.42. The summed E-state index contributed by atoms with van der Waals surface area (Å²) >= 11 is 0. The molecular weight excluding hydrogens is 380 g/mol. The fourth-order valence-electron chi connectivity index (χ4n) is 5.13. The second-order valence-electron chi connectivity index (χ2n) is 8.56. The third-order valence-electron chi connectivity index (χ3n) is 6.84. The molecule has 1 aromatic heterocycles. The van der Waals surface area contributed by atoms with Gasteiger partial charge in [-0.25, -0.2) is 9.97 Å². The Bertz CT molecular complexity index is 1120.